The Bertz CT molecular complexity index is 433. The van der Waals surface area contributed by atoms with Crippen molar-refractivity contribution < 1.29 is 9.59 Å². The summed E-state index contributed by atoms with van der Waals surface area (Å²) in [4.78, 5) is 23.7. The molecule has 1 aromatic heterocycles. The van der Waals surface area contributed by atoms with Crippen molar-refractivity contribution in [3.63, 3.8) is 0 Å². The van der Waals surface area contributed by atoms with Gasteiger partial charge in [-0.25, -0.2) is 0 Å². The molecule has 2 amide bonds. The van der Waals surface area contributed by atoms with Gasteiger partial charge in [0.2, 0.25) is 11.8 Å². The molecule has 0 aromatic carbocycles. The molecular weight excluding hydrogens is 260 g/mol. The van der Waals surface area contributed by atoms with Gasteiger partial charge >= 0.3 is 0 Å². The number of carbonyl (C=O) groups is 2. The van der Waals surface area contributed by atoms with Gasteiger partial charge in [-0.1, -0.05) is 11.6 Å². The maximum atomic E-state index is 11.6. The van der Waals surface area contributed by atoms with E-state index in [9.17, 15) is 9.59 Å². The highest BCUT2D eigenvalue weighted by Gasteiger charge is 2.26. The number of halogens is 1. The van der Waals surface area contributed by atoms with Crippen molar-refractivity contribution in [1.82, 2.24) is 10.6 Å². The molecule has 1 aliphatic heterocycles. The number of thiophene rings is 1. The Morgan fingerprint density at radius 1 is 1.59 bits per heavy atom. The normalized spacial score (nSPS) is 19.1. The second-order valence-electron chi connectivity index (χ2n) is 3.91. The van der Waals surface area contributed by atoms with Crippen molar-refractivity contribution in [2.75, 3.05) is 6.54 Å². The third-order valence-corrected chi connectivity index (χ3v) is 3.90. The molecule has 0 aliphatic carbocycles. The lowest BCUT2D eigenvalue weighted by Crippen LogP contribution is -2.42. The minimum Gasteiger partial charge on any atom is -0.354 e. The van der Waals surface area contributed by atoms with Crippen LogP contribution in [-0.2, 0) is 16.0 Å². The first-order chi connectivity index (χ1) is 8.15. The zero-order valence-electron chi connectivity index (χ0n) is 9.16. The van der Waals surface area contributed by atoms with E-state index in [1.807, 2.05) is 12.1 Å². The average molecular weight is 273 g/mol. The van der Waals surface area contributed by atoms with Gasteiger partial charge in [-0.05, 0) is 25.0 Å². The molecule has 2 heterocycles. The van der Waals surface area contributed by atoms with Gasteiger partial charge in [0, 0.05) is 17.8 Å². The van der Waals surface area contributed by atoms with Gasteiger partial charge in [-0.15, -0.1) is 11.3 Å². The Balaban J connectivity index is 1.71. The Morgan fingerprint density at radius 3 is 3.00 bits per heavy atom. The Hall–Kier alpha value is -1.07. The van der Waals surface area contributed by atoms with E-state index in [4.69, 9.17) is 11.6 Å². The summed E-state index contributed by atoms with van der Waals surface area (Å²) in [5.41, 5.74) is 0. The fourth-order valence-electron chi connectivity index (χ4n) is 1.73. The first-order valence-corrected chi connectivity index (χ1v) is 6.66. The van der Waals surface area contributed by atoms with Gasteiger partial charge in [0.05, 0.1) is 4.34 Å². The highest BCUT2D eigenvalue weighted by molar-refractivity contribution is 7.16. The SMILES string of the molecule is O=C1CCC(C(=O)NCCc2ccc(Cl)s2)N1. The molecule has 1 atom stereocenters. The van der Waals surface area contributed by atoms with Crippen LogP contribution in [0, 0.1) is 0 Å². The van der Waals surface area contributed by atoms with E-state index < -0.39 is 0 Å². The number of hydrogen-bond acceptors (Lipinski definition) is 3. The van der Waals surface area contributed by atoms with Gasteiger partial charge in [0.25, 0.3) is 0 Å². The summed E-state index contributed by atoms with van der Waals surface area (Å²) in [5.74, 6) is -0.145. The van der Waals surface area contributed by atoms with Gasteiger partial charge in [-0.2, -0.15) is 0 Å². The van der Waals surface area contributed by atoms with Crippen LogP contribution in [0.1, 0.15) is 17.7 Å². The predicted octanol–water partition coefficient (Wildman–Crippen LogP) is 1.34. The van der Waals surface area contributed by atoms with Crippen LogP contribution in [-0.4, -0.2) is 24.4 Å². The molecular formula is C11H13ClN2O2S. The van der Waals surface area contributed by atoms with Crippen LogP contribution >= 0.6 is 22.9 Å². The zero-order chi connectivity index (χ0) is 12.3. The molecule has 1 aromatic rings. The zero-order valence-corrected chi connectivity index (χ0v) is 10.7. The summed E-state index contributed by atoms with van der Waals surface area (Å²) in [6.45, 7) is 0.571. The van der Waals surface area contributed by atoms with E-state index in [0.29, 0.717) is 19.4 Å². The van der Waals surface area contributed by atoms with Gasteiger partial charge < -0.3 is 10.6 Å². The largest absolute Gasteiger partial charge is 0.354 e. The standard InChI is InChI=1S/C11H13ClN2O2S/c12-9-3-1-7(17-9)5-6-13-11(16)8-2-4-10(15)14-8/h1,3,8H,2,4-6H2,(H,13,16)(H,14,15). The first kappa shape index (κ1) is 12.4. The van der Waals surface area contributed by atoms with Gasteiger partial charge in [0.15, 0.2) is 0 Å². The molecule has 1 unspecified atom stereocenters. The van der Waals surface area contributed by atoms with E-state index in [1.54, 1.807) is 0 Å². The lowest BCUT2D eigenvalue weighted by atomic mass is 10.2. The summed E-state index contributed by atoms with van der Waals surface area (Å²) in [7, 11) is 0. The molecule has 0 bridgehead atoms. The summed E-state index contributed by atoms with van der Waals surface area (Å²) in [5, 5.41) is 5.45. The molecule has 2 N–H and O–H groups in total. The predicted molar refractivity (Wildman–Crippen MR) is 67.2 cm³/mol. The van der Waals surface area contributed by atoms with Crippen molar-refractivity contribution in [1.29, 1.82) is 0 Å². The lowest BCUT2D eigenvalue weighted by Gasteiger charge is -2.10. The second-order valence-corrected chi connectivity index (χ2v) is 5.71. The molecule has 92 valence electrons. The highest BCUT2D eigenvalue weighted by Crippen LogP contribution is 2.21. The van der Waals surface area contributed by atoms with Crippen LogP contribution in [0.15, 0.2) is 12.1 Å². The van der Waals surface area contributed by atoms with Crippen LogP contribution < -0.4 is 10.6 Å². The molecule has 1 fully saturated rings. The van der Waals surface area contributed by atoms with E-state index >= 15 is 0 Å². The van der Waals surface area contributed by atoms with Gasteiger partial charge in [0.1, 0.15) is 6.04 Å². The molecule has 0 saturated carbocycles. The first-order valence-electron chi connectivity index (χ1n) is 5.46. The second kappa shape index (κ2) is 5.51. The average Bonchev–Trinajstić information content (AvgIpc) is 2.88. The third-order valence-electron chi connectivity index (χ3n) is 2.61. The van der Waals surface area contributed by atoms with Crippen LogP contribution in [0.4, 0.5) is 0 Å². The fourth-order valence-corrected chi connectivity index (χ4v) is 2.82. The monoisotopic (exact) mass is 272 g/mol. The van der Waals surface area contributed by atoms with E-state index in [2.05, 4.69) is 10.6 Å². The van der Waals surface area contributed by atoms with E-state index in [1.165, 1.54) is 11.3 Å². The van der Waals surface area contributed by atoms with Crippen LogP contribution in [0.25, 0.3) is 0 Å². The Kier molecular flexibility index (Phi) is 4.02. The molecule has 1 saturated heterocycles. The summed E-state index contributed by atoms with van der Waals surface area (Å²) in [6.07, 6.45) is 1.80. The minimum atomic E-state index is -0.352. The smallest absolute Gasteiger partial charge is 0.242 e. The Labute approximate surface area is 108 Å². The molecule has 2 rings (SSSR count). The number of rotatable bonds is 4. The Morgan fingerprint density at radius 2 is 2.41 bits per heavy atom. The van der Waals surface area contributed by atoms with E-state index in [0.717, 1.165) is 15.6 Å². The number of carbonyl (C=O) groups excluding carboxylic acids is 2. The summed E-state index contributed by atoms with van der Waals surface area (Å²) >= 11 is 7.32. The van der Waals surface area contributed by atoms with Crippen molar-refractivity contribution in [3.8, 4) is 0 Å². The highest BCUT2D eigenvalue weighted by atomic mass is 35.5. The molecule has 0 radical (unpaired) electrons. The molecule has 17 heavy (non-hydrogen) atoms. The van der Waals surface area contributed by atoms with Gasteiger partial charge in [-0.3, -0.25) is 9.59 Å². The molecule has 0 spiro atoms. The maximum Gasteiger partial charge on any atom is 0.242 e. The van der Waals surface area contributed by atoms with Crippen LogP contribution in [0.5, 0.6) is 0 Å². The quantitative estimate of drug-likeness (QED) is 0.869. The molecule has 4 nitrogen and oxygen atoms in total. The van der Waals surface area contributed by atoms with Crippen LogP contribution in [0.2, 0.25) is 4.34 Å². The lowest BCUT2D eigenvalue weighted by molar-refractivity contribution is -0.125. The van der Waals surface area contributed by atoms with E-state index in [-0.39, 0.29) is 17.9 Å². The topological polar surface area (TPSA) is 58.2 Å². The molecule has 1 aliphatic rings. The van der Waals surface area contributed by atoms with Crippen LogP contribution in [0.3, 0.4) is 0 Å². The van der Waals surface area contributed by atoms with Crippen molar-refractivity contribution in [2.45, 2.75) is 25.3 Å². The fraction of sp³-hybridized carbons (Fsp3) is 0.455. The minimum absolute atomic E-state index is 0.0461. The third kappa shape index (κ3) is 3.44. The van der Waals surface area contributed by atoms with Crippen molar-refractivity contribution in [2.24, 2.45) is 0 Å². The number of nitrogens with one attached hydrogen (secondary N) is 2. The molecule has 6 heteroatoms. The van der Waals surface area contributed by atoms with Crippen molar-refractivity contribution >= 4 is 34.8 Å². The maximum absolute atomic E-state index is 11.6. The number of amides is 2. The summed E-state index contributed by atoms with van der Waals surface area (Å²) in [6, 6.07) is 3.45. The number of hydrogen-bond donors (Lipinski definition) is 2. The summed E-state index contributed by atoms with van der Waals surface area (Å²) < 4.78 is 0.759. The van der Waals surface area contributed by atoms with Crippen molar-refractivity contribution in [3.05, 3.63) is 21.3 Å².